The van der Waals surface area contributed by atoms with E-state index in [9.17, 15) is 29.8 Å². The van der Waals surface area contributed by atoms with Crippen LogP contribution in [0, 0.1) is 32.8 Å². The van der Waals surface area contributed by atoms with Gasteiger partial charge in [0, 0.05) is 12.1 Å². The van der Waals surface area contributed by atoms with Crippen LogP contribution in [-0.2, 0) is 9.59 Å². The largest absolute Gasteiger partial charge is 0.325 e. The molecule has 2 aliphatic rings. The van der Waals surface area contributed by atoms with Gasteiger partial charge in [-0.05, 0) is 43.1 Å². The molecule has 0 bridgehead atoms. The minimum Gasteiger partial charge on any atom is -0.323 e. The van der Waals surface area contributed by atoms with Gasteiger partial charge in [-0.2, -0.15) is 5.26 Å². The van der Waals surface area contributed by atoms with E-state index in [1.54, 1.807) is 6.07 Å². The Labute approximate surface area is 186 Å². The molecule has 1 spiro atoms. The Balaban J connectivity index is 1.67. The number of rotatable bonds is 6. The lowest BCUT2D eigenvalue weighted by Gasteiger charge is -2.42. The summed E-state index contributed by atoms with van der Waals surface area (Å²) in [6.07, 6.45) is 3.74. The van der Waals surface area contributed by atoms with E-state index in [0.717, 1.165) is 36.3 Å². The van der Waals surface area contributed by atoms with Gasteiger partial charge in [0.1, 0.15) is 18.2 Å². The van der Waals surface area contributed by atoms with Crippen LogP contribution in [0.4, 0.5) is 16.2 Å². The lowest BCUT2D eigenvalue weighted by atomic mass is 9.65. The zero-order valence-electron chi connectivity index (χ0n) is 18.4. The molecule has 10 nitrogen and oxygen atoms in total. The molecule has 1 saturated heterocycles. The van der Waals surface area contributed by atoms with Crippen LogP contribution in [0.5, 0.6) is 0 Å². The lowest BCUT2D eigenvalue weighted by Crippen LogP contribution is -2.51. The second-order valence-corrected chi connectivity index (χ2v) is 9.17. The highest BCUT2D eigenvalue weighted by molar-refractivity contribution is 6.10. The van der Waals surface area contributed by atoms with Gasteiger partial charge < -0.3 is 10.6 Å². The van der Waals surface area contributed by atoms with Gasteiger partial charge in [0.25, 0.3) is 11.6 Å². The van der Waals surface area contributed by atoms with E-state index in [1.165, 1.54) is 6.07 Å². The molecule has 3 rings (SSSR count). The summed E-state index contributed by atoms with van der Waals surface area (Å²) >= 11 is 0. The fraction of sp³-hybridized carbons (Fsp3) is 0.545. The molecule has 0 atom stereocenters. The fourth-order valence-corrected chi connectivity index (χ4v) is 4.52. The van der Waals surface area contributed by atoms with Crippen molar-refractivity contribution in [3.63, 3.8) is 0 Å². The summed E-state index contributed by atoms with van der Waals surface area (Å²) in [7, 11) is 0. The van der Waals surface area contributed by atoms with E-state index in [1.807, 2.05) is 0 Å². The minimum absolute atomic E-state index is 0.0761. The first-order valence-electron chi connectivity index (χ1n) is 10.7. The van der Waals surface area contributed by atoms with Gasteiger partial charge in [0.05, 0.1) is 16.2 Å². The maximum absolute atomic E-state index is 13.1. The maximum Gasteiger partial charge on any atom is 0.325 e. The van der Waals surface area contributed by atoms with Crippen LogP contribution in [0.2, 0.25) is 0 Å². The number of non-ortho nitro benzene ring substituents is 1. The first-order valence-corrected chi connectivity index (χ1v) is 10.7. The standard InChI is InChI=1S/C22H27N5O5/c1-4-21(2,3)15-7-9-22(10-8-15)19(29)26(20(30)25-22)13-18(28)24-17-6-5-16(27(31)32)11-14(17)12-23/h5-6,11,15H,4,7-10,13H2,1-3H3,(H,24,28)(H,25,30). The van der Waals surface area contributed by atoms with Gasteiger partial charge in [-0.1, -0.05) is 27.2 Å². The monoisotopic (exact) mass is 441 g/mol. The Bertz CT molecular complexity index is 1000. The van der Waals surface area contributed by atoms with Crippen LogP contribution < -0.4 is 10.6 Å². The lowest BCUT2D eigenvalue weighted by molar-refractivity contribution is -0.384. The summed E-state index contributed by atoms with van der Waals surface area (Å²) in [5.74, 6) is -0.613. The van der Waals surface area contributed by atoms with Crippen molar-refractivity contribution in [1.29, 1.82) is 5.26 Å². The van der Waals surface area contributed by atoms with Crippen LogP contribution >= 0.6 is 0 Å². The molecule has 2 N–H and O–H groups in total. The summed E-state index contributed by atoms with van der Waals surface area (Å²) < 4.78 is 0. The maximum atomic E-state index is 13.1. The number of anilines is 1. The highest BCUT2D eigenvalue weighted by Crippen LogP contribution is 2.45. The molecule has 4 amide bonds. The number of carbonyl (C=O) groups excluding carboxylic acids is 3. The number of imide groups is 1. The fourth-order valence-electron chi connectivity index (χ4n) is 4.52. The normalized spacial score (nSPS) is 23.1. The van der Waals surface area contributed by atoms with E-state index in [-0.39, 0.29) is 22.4 Å². The molecule has 0 radical (unpaired) electrons. The molecule has 1 heterocycles. The molecule has 1 saturated carbocycles. The van der Waals surface area contributed by atoms with Crippen molar-refractivity contribution in [3.8, 4) is 6.07 Å². The molecule has 1 aliphatic heterocycles. The summed E-state index contributed by atoms with van der Waals surface area (Å²) in [4.78, 5) is 49.2. The number of urea groups is 1. The number of nitrogens with zero attached hydrogens (tertiary/aromatic N) is 3. The highest BCUT2D eigenvalue weighted by Gasteiger charge is 2.53. The Hall–Kier alpha value is -3.48. The molecule has 1 aliphatic carbocycles. The average molecular weight is 441 g/mol. The molecule has 1 aromatic rings. The first-order chi connectivity index (χ1) is 15.0. The topological polar surface area (TPSA) is 145 Å². The van der Waals surface area contributed by atoms with Crippen LogP contribution in [0.3, 0.4) is 0 Å². The van der Waals surface area contributed by atoms with Crippen molar-refractivity contribution in [2.45, 2.75) is 58.4 Å². The van der Waals surface area contributed by atoms with Gasteiger partial charge in [-0.15, -0.1) is 0 Å². The first kappa shape index (κ1) is 23.2. The summed E-state index contributed by atoms with van der Waals surface area (Å²) in [5, 5.41) is 25.3. The number of benzene rings is 1. The molecule has 10 heteroatoms. The number of hydrogen-bond donors (Lipinski definition) is 2. The Morgan fingerprint density at radius 1 is 1.38 bits per heavy atom. The third-order valence-electron chi connectivity index (χ3n) is 7.01. The van der Waals surface area contributed by atoms with Crippen LogP contribution in [0.1, 0.15) is 58.4 Å². The van der Waals surface area contributed by atoms with E-state index in [4.69, 9.17) is 0 Å². The highest BCUT2D eigenvalue weighted by atomic mass is 16.6. The number of nitro benzene ring substituents is 1. The number of amides is 4. The molecule has 170 valence electrons. The summed E-state index contributed by atoms with van der Waals surface area (Å²) in [6.45, 7) is 6.08. The van der Waals surface area contributed by atoms with Gasteiger partial charge in [-0.25, -0.2) is 4.79 Å². The molecule has 1 aromatic carbocycles. The quantitative estimate of drug-likeness (QED) is 0.393. The predicted molar refractivity (Wildman–Crippen MR) is 115 cm³/mol. The molecule has 32 heavy (non-hydrogen) atoms. The van der Waals surface area contributed by atoms with Crippen LogP contribution in [0.15, 0.2) is 18.2 Å². The Morgan fingerprint density at radius 3 is 2.59 bits per heavy atom. The average Bonchev–Trinajstić information content (AvgIpc) is 2.98. The van der Waals surface area contributed by atoms with Crippen molar-refractivity contribution in [1.82, 2.24) is 10.2 Å². The van der Waals surface area contributed by atoms with Crippen molar-refractivity contribution < 1.29 is 19.3 Å². The Morgan fingerprint density at radius 2 is 2.03 bits per heavy atom. The molecule has 0 unspecified atom stereocenters. The minimum atomic E-state index is -0.969. The van der Waals surface area contributed by atoms with Crippen molar-refractivity contribution >= 4 is 29.2 Å². The van der Waals surface area contributed by atoms with Crippen molar-refractivity contribution in [3.05, 3.63) is 33.9 Å². The third-order valence-corrected chi connectivity index (χ3v) is 7.01. The number of nitriles is 1. The van der Waals surface area contributed by atoms with E-state index in [0.29, 0.717) is 18.8 Å². The van der Waals surface area contributed by atoms with Gasteiger partial charge >= 0.3 is 6.03 Å². The zero-order valence-corrected chi connectivity index (χ0v) is 18.4. The smallest absolute Gasteiger partial charge is 0.323 e. The predicted octanol–water partition coefficient (Wildman–Crippen LogP) is 3.32. The number of nitro groups is 1. The van der Waals surface area contributed by atoms with E-state index >= 15 is 0 Å². The third kappa shape index (κ3) is 4.28. The van der Waals surface area contributed by atoms with Crippen molar-refractivity contribution in [2.24, 2.45) is 11.3 Å². The molecular formula is C22H27N5O5. The van der Waals surface area contributed by atoms with Gasteiger partial charge in [0.2, 0.25) is 5.91 Å². The van der Waals surface area contributed by atoms with Crippen LogP contribution in [-0.4, -0.2) is 39.8 Å². The number of nitrogens with one attached hydrogen (secondary N) is 2. The Kier molecular flexibility index (Phi) is 6.21. The van der Waals surface area contributed by atoms with Gasteiger partial charge in [0.15, 0.2) is 0 Å². The summed E-state index contributed by atoms with van der Waals surface area (Å²) in [6, 6.07) is 4.65. The second-order valence-electron chi connectivity index (χ2n) is 9.17. The van der Waals surface area contributed by atoms with Gasteiger partial charge in [-0.3, -0.25) is 24.6 Å². The van der Waals surface area contributed by atoms with Crippen LogP contribution in [0.25, 0.3) is 0 Å². The molecule has 0 aromatic heterocycles. The SMILES string of the molecule is CCC(C)(C)C1CCC2(CC1)NC(=O)N(CC(=O)Nc1ccc([N+](=O)[O-])cc1C#N)C2=O. The number of carbonyl (C=O) groups is 3. The van der Waals surface area contributed by atoms with E-state index < -0.39 is 34.9 Å². The van der Waals surface area contributed by atoms with Crippen molar-refractivity contribution in [2.75, 3.05) is 11.9 Å². The zero-order chi connectivity index (χ0) is 23.7. The number of hydrogen-bond acceptors (Lipinski definition) is 6. The molecular weight excluding hydrogens is 414 g/mol. The second kappa shape index (κ2) is 8.57. The summed E-state index contributed by atoms with van der Waals surface area (Å²) in [5.41, 5.74) is -1.10. The molecule has 2 fully saturated rings. The van der Waals surface area contributed by atoms with E-state index in [2.05, 4.69) is 31.4 Å².